The third kappa shape index (κ3) is 2.31. The van der Waals surface area contributed by atoms with Gasteiger partial charge in [-0.25, -0.2) is 0 Å². The van der Waals surface area contributed by atoms with Crippen LogP contribution in [0, 0.1) is 0 Å². The molecule has 2 nitrogen and oxygen atoms in total. The second-order valence-corrected chi connectivity index (χ2v) is 2.27. The van der Waals surface area contributed by atoms with Crippen molar-refractivity contribution in [3.05, 3.63) is 36.6 Å². The lowest BCUT2D eigenvalue weighted by molar-refractivity contribution is 0.409. The minimum absolute atomic E-state index is 0.785. The molecule has 0 aromatic heterocycles. The van der Waals surface area contributed by atoms with Gasteiger partial charge in [-0.1, -0.05) is 12.1 Å². The van der Waals surface area contributed by atoms with Gasteiger partial charge in [-0.3, -0.25) is 0 Å². The normalized spacial score (nSPS) is 10.2. The van der Waals surface area contributed by atoms with Gasteiger partial charge in [0.1, 0.15) is 11.5 Å². The number of hydrogen-bond acceptors (Lipinski definition) is 2. The van der Waals surface area contributed by atoms with Crippen LogP contribution in [0.5, 0.6) is 11.5 Å². The third-order valence-corrected chi connectivity index (χ3v) is 1.38. The molecule has 0 bridgehead atoms. The number of benzene rings is 1. The minimum atomic E-state index is 0.785. The quantitative estimate of drug-likeness (QED) is 0.639. The number of methoxy groups -OCH3 is 1. The predicted octanol–water partition coefficient (Wildman–Crippen LogP) is 2.61. The van der Waals surface area contributed by atoms with Gasteiger partial charge in [0.2, 0.25) is 0 Å². The molecule has 0 aliphatic carbocycles. The molecule has 0 saturated carbocycles. The van der Waals surface area contributed by atoms with E-state index in [9.17, 15) is 0 Å². The molecule has 1 rings (SSSR count). The molecule has 0 aliphatic heterocycles. The Labute approximate surface area is 72.4 Å². The maximum atomic E-state index is 5.24. The van der Waals surface area contributed by atoms with E-state index in [0.717, 1.165) is 11.5 Å². The molecule has 64 valence electrons. The highest BCUT2D eigenvalue weighted by Gasteiger charge is 1.92. The molecule has 12 heavy (non-hydrogen) atoms. The summed E-state index contributed by atoms with van der Waals surface area (Å²) in [7, 11) is 1.63. The van der Waals surface area contributed by atoms with Crippen molar-refractivity contribution in [1.29, 1.82) is 0 Å². The zero-order chi connectivity index (χ0) is 8.81. The Kier molecular flexibility index (Phi) is 3.20. The van der Waals surface area contributed by atoms with Crippen molar-refractivity contribution >= 4 is 0 Å². The molecule has 0 saturated heterocycles. The Morgan fingerprint density at radius 3 is 2.67 bits per heavy atom. The van der Waals surface area contributed by atoms with Crippen molar-refractivity contribution in [3.8, 4) is 11.5 Å². The zero-order valence-electron chi connectivity index (χ0n) is 7.28. The Hall–Kier alpha value is -1.44. The Morgan fingerprint density at radius 2 is 2.00 bits per heavy atom. The molecule has 0 aliphatic rings. The van der Waals surface area contributed by atoms with E-state index in [1.165, 1.54) is 0 Å². The predicted molar refractivity (Wildman–Crippen MR) is 48.4 cm³/mol. The summed E-state index contributed by atoms with van der Waals surface area (Å²) in [5.41, 5.74) is 0. The summed E-state index contributed by atoms with van der Waals surface area (Å²) in [6.45, 7) is 1.90. The van der Waals surface area contributed by atoms with Gasteiger partial charge in [0, 0.05) is 6.07 Å². The smallest absolute Gasteiger partial charge is 0.130 e. The molecule has 0 N–H and O–H groups in total. The average Bonchev–Trinajstić information content (AvgIpc) is 2.15. The first kappa shape index (κ1) is 8.65. The summed E-state index contributed by atoms with van der Waals surface area (Å²) in [6, 6.07) is 7.47. The van der Waals surface area contributed by atoms with Gasteiger partial charge in [-0.05, 0) is 19.1 Å². The van der Waals surface area contributed by atoms with Gasteiger partial charge in [-0.2, -0.15) is 0 Å². The van der Waals surface area contributed by atoms with Crippen LogP contribution in [0.3, 0.4) is 0 Å². The van der Waals surface area contributed by atoms with Gasteiger partial charge < -0.3 is 9.47 Å². The van der Waals surface area contributed by atoms with Gasteiger partial charge >= 0.3 is 0 Å². The zero-order valence-corrected chi connectivity index (χ0v) is 7.28. The van der Waals surface area contributed by atoms with E-state index in [2.05, 4.69) is 0 Å². The first-order chi connectivity index (χ1) is 5.86. The standard InChI is InChI=1S/C10H12O2/c1-3-7-12-10-6-4-5-9(8-10)11-2/h3-8H,1-2H3/b7-3+. The largest absolute Gasteiger partial charge is 0.497 e. The lowest BCUT2D eigenvalue weighted by Gasteiger charge is -2.02. The Morgan fingerprint density at radius 1 is 1.25 bits per heavy atom. The first-order valence-electron chi connectivity index (χ1n) is 3.78. The monoisotopic (exact) mass is 164 g/mol. The molecular formula is C10H12O2. The van der Waals surface area contributed by atoms with Crippen LogP contribution in [0.25, 0.3) is 0 Å². The van der Waals surface area contributed by atoms with Crippen LogP contribution in [0.2, 0.25) is 0 Å². The van der Waals surface area contributed by atoms with Gasteiger partial charge in [0.05, 0.1) is 13.4 Å². The molecule has 0 heterocycles. The summed E-state index contributed by atoms with van der Waals surface area (Å²) in [6.07, 6.45) is 3.47. The van der Waals surface area contributed by atoms with Crippen LogP contribution in [0.1, 0.15) is 6.92 Å². The first-order valence-corrected chi connectivity index (χ1v) is 3.78. The van der Waals surface area contributed by atoms with E-state index < -0.39 is 0 Å². The minimum Gasteiger partial charge on any atom is -0.497 e. The molecule has 2 heteroatoms. The molecule has 0 spiro atoms. The van der Waals surface area contributed by atoms with E-state index >= 15 is 0 Å². The topological polar surface area (TPSA) is 18.5 Å². The summed E-state index contributed by atoms with van der Waals surface area (Å²) in [5, 5.41) is 0. The van der Waals surface area contributed by atoms with E-state index in [1.54, 1.807) is 13.4 Å². The maximum Gasteiger partial charge on any atom is 0.130 e. The van der Waals surface area contributed by atoms with Crippen LogP contribution >= 0.6 is 0 Å². The Balaban J connectivity index is 2.72. The molecule has 0 fully saturated rings. The fourth-order valence-corrected chi connectivity index (χ4v) is 0.821. The van der Waals surface area contributed by atoms with E-state index in [1.807, 2.05) is 37.3 Å². The second kappa shape index (κ2) is 4.44. The van der Waals surface area contributed by atoms with Gasteiger partial charge in [-0.15, -0.1) is 0 Å². The van der Waals surface area contributed by atoms with Gasteiger partial charge in [0.15, 0.2) is 0 Å². The Bertz CT molecular complexity index is 266. The highest BCUT2D eigenvalue weighted by Crippen LogP contribution is 2.18. The van der Waals surface area contributed by atoms with Crippen LogP contribution < -0.4 is 9.47 Å². The van der Waals surface area contributed by atoms with E-state index in [-0.39, 0.29) is 0 Å². The van der Waals surface area contributed by atoms with Crippen LogP contribution in [0.15, 0.2) is 36.6 Å². The van der Waals surface area contributed by atoms with Crippen molar-refractivity contribution in [3.63, 3.8) is 0 Å². The van der Waals surface area contributed by atoms with Crippen molar-refractivity contribution in [1.82, 2.24) is 0 Å². The van der Waals surface area contributed by atoms with Crippen molar-refractivity contribution < 1.29 is 9.47 Å². The second-order valence-electron chi connectivity index (χ2n) is 2.27. The summed E-state index contributed by atoms with van der Waals surface area (Å²) in [5.74, 6) is 1.59. The number of rotatable bonds is 3. The van der Waals surface area contributed by atoms with E-state index in [4.69, 9.17) is 9.47 Å². The molecule has 0 amide bonds. The number of allylic oxidation sites excluding steroid dienone is 1. The summed E-state index contributed by atoms with van der Waals surface area (Å²) >= 11 is 0. The SMILES string of the molecule is C/C=C/Oc1cccc(OC)c1. The van der Waals surface area contributed by atoms with Crippen LogP contribution in [-0.4, -0.2) is 7.11 Å². The van der Waals surface area contributed by atoms with E-state index in [0.29, 0.717) is 0 Å². The molecule has 1 aromatic rings. The van der Waals surface area contributed by atoms with Gasteiger partial charge in [0.25, 0.3) is 0 Å². The number of ether oxygens (including phenoxy) is 2. The molecule has 1 aromatic carbocycles. The highest BCUT2D eigenvalue weighted by molar-refractivity contribution is 5.33. The third-order valence-electron chi connectivity index (χ3n) is 1.38. The fraction of sp³-hybridized carbons (Fsp3) is 0.200. The van der Waals surface area contributed by atoms with Crippen LogP contribution in [0.4, 0.5) is 0 Å². The van der Waals surface area contributed by atoms with Crippen molar-refractivity contribution in [2.45, 2.75) is 6.92 Å². The van der Waals surface area contributed by atoms with Crippen molar-refractivity contribution in [2.75, 3.05) is 7.11 Å². The molecule has 0 atom stereocenters. The molecular weight excluding hydrogens is 152 g/mol. The lowest BCUT2D eigenvalue weighted by Crippen LogP contribution is -1.84. The highest BCUT2D eigenvalue weighted by atomic mass is 16.5. The summed E-state index contributed by atoms with van der Waals surface area (Å²) < 4.78 is 10.3. The molecule has 0 radical (unpaired) electrons. The van der Waals surface area contributed by atoms with Crippen molar-refractivity contribution in [2.24, 2.45) is 0 Å². The summed E-state index contributed by atoms with van der Waals surface area (Å²) in [4.78, 5) is 0. The fourth-order valence-electron chi connectivity index (χ4n) is 0.821. The van der Waals surface area contributed by atoms with Crippen LogP contribution in [-0.2, 0) is 0 Å². The average molecular weight is 164 g/mol. The number of hydrogen-bond donors (Lipinski definition) is 0. The maximum absolute atomic E-state index is 5.24. The lowest BCUT2D eigenvalue weighted by atomic mass is 10.3. The molecule has 0 unspecified atom stereocenters.